The molecular weight excluding hydrogens is 549 g/mol. The number of ether oxygens (including phenoxy) is 3. The van der Waals surface area contributed by atoms with Gasteiger partial charge in [-0.2, -0.15) is 0 Å². The van der Waals surface area contributed by atoms with Crippen LogP contribution in [0.2, 0.25) is 0 Å². The van der Waals surface area contributed by atoms with Gasteiger partial charge in [-0.1, -0.05) is 36.4 Å². The summed E-state index contributed by atoms with van der Waals surface area (Å²) in [7, 11) is -5.19. The largest absolute Gasteiger partial charge is 0.488 e. The molecule has 0 saturated carbocycles. The van der Waals surface area contributed by atoms with Crippen molar-refractivity contribution in [2.24, 2.45) is 0 Å². The first-order valence-corrected chi connectivity index (χ1v) is 12.2. The molecule has 0 aromatic heterocycles. The topological polar surface area (TPSA) is 200 Å². The average molecular weight is 570 g/mol. The van der Waals surface area contributed by atoms with E-state index in [4.69, 9.17) is 14.2 Å². The fraction of sp³-hybridized carbons (Fsp3) is 0. The van der Waals surface area contributed by atoms with E-state index in [2.05, 4.69) is 0 Å². The highest BCUT2D eigenvalue weighted by Crippen LogP contribution is 2.33. The molecule has 0 spiro atoms. The highest BCUT2D eigenvalue weighted by molar-refractivity contribution is 6.59. The van der Waals surface area contributed by atoms with Gasteiger partial charge < -0.3 is 44.4 Å². The van der Waals surface area contributed by atoms with Crippen molar-refractivity contribution in [2.75, 3.05) is 0 Å². The third-order valence-electron chi connectivity index (χ3n) is 5.86. The van der Waals surface area contributed by atoms with Gasteiger partial charge in [-0.25, -0.2) is 14.4 Å². The molecular formula is C27H21B3O12. The molecule has 0 bridgehead atoms. The van der Waals surface area contributed by atoms with Crippen LogP contribution in [0, 0.1) is 0 Å². The molecule has 0 aliphatic rings. The molecule has 0 aliphatic heterocycles. The quantitative estimate of drug-likeness (QED) is 0.0766. The second kappa shape index (κ2) is 13.3. The third kappa shape index (κ3) is 7.50. The molecule has 210 valence electrons. The maximum Gasteiger partial charge on any atom is 0.488 e. The number of hydrogen-bond donors (Lipinski definition) is 6. The summed E-state index contributed by atoms with van der Waals surface area (Å²) in [5.74, 6) is -3.21. The van der Waals surface area contributed by atoms with Crippen molar-refractivity contribution in [3.63, 3.8) is 0 Å². The molecule has 4 aromatic rings. The molecule has 4 aromatic carbocycles. The smallest absolute Gasteiger partial charge is 0.423 e. The van der Waals surface area contributed by atoms with Crippen LogP contribution in [0.3, 0.4) is 0 Å². The van der Waals surface area contributed by atoms with Gasteiger partial charge in [0.2, 0.25) is 0 Å². The monoisotopic (exact) mass is 570 g/mol. The van der Waals surface area contributed by atoms with E-state index in [-0.39, 0.29) is 50.3 Å². The van der Waals surface area contributed by atoms with Crippen molar-refractivity contribution in [1.29, 1.82) is 0 Å². The summed E-state index contributed by atoms with van der Waals surface area (Å²) < 4.78 is 16.2. The Hall–Kier alpha value is -4.76. The van der Waals surface area contributed by atoms with Crippen LogP contribution in [0.4, 0.5) is 0 Å². The number of esters is 3. The Balaban J connectivity index is 1.59. The van der Waals surface area contributed by atoms with Crippen molar-refractivity contribution in [3.8, 4) is 17.2 Å². The molecule has 15 heteroatoms. The van der Waals surface area contributed by atoms with Crippen molar-refractivity contribution >= 4 is 55.7 Å². The fourth-order valence-electron chi connectivity index (χ4n) is 3.57. The van der Waals surface area contributed by atoms with Gasteiger partial charge >= 0.3 is 39.3 Å². The van der Waals surface area contributed by atoms with Crippen molar-refractivity contribution in [1.82, 2.24) is 0 Å². The Morgan fingerprint density at radius 1 is 0.429 bits per heavy atom. The van der Waals surface area contributed by atoms with Crippen molar-refractivity contribution < 1.29 is 58.7 Å². The molecule has 12 nitrogen and oxygen atoms in total. The molecule has 0 saturated heterocycles. The lowest BCUT2D eigenvalue weighted by Gasteiger charge is -2.13. The van der Waals surface area contributed by atoms with Gasteiger partial charge in [-0.3, -0.25) is 0 Å². The van der Waals surface area contributed by atoms with Crippen LogP contribution in [-0.4, -0.2) is 69.4 Å². The number of carbonyl (C=O) groups excluding carboxylic acids is 3. The molecule has 0 fully saturated rings. The summed E-state index contributed by atoms with van der Waals surface area (Å²) in [5.41, 5.74) is 0.586. The first-order chi connectivity index (χ1) is 20.0. The maximum atomic E-state index is 12.9. The molecule has 6 N–H and O–H groups in total. The van der Waals surface area contributed by atoms with Crippen LogP contribution < -0.4 is 30.6 Å². The van der Waals surface area contributed by atoms with Crippen LogP contribution in [0.5, 0.6) is 17.2 Å². The van der Waals surface area contributed by atoms with E-state index in [0.717, 1.165) is 6.07 Å². The van der Waals surface area contributed by atoms with Gasteiger partial charge in [0.25, 0.3) is 0 Å². The van der Waals surface area contributed by atoms with Crippen LogP contribution in [0.25, 0.3) is 0 Å². The first-order valence-electron chi connectivity index (χ1n) is 12.2. The summed E-state index contributed by atoms with van der Waals surface area (Å²) in [5, 5.41) is 55.5. The van der Waals surface area contributed by atoms with E-state index in [0.29, 0.717) is 0 Å². The SMILES string of the molecule is O=C(Oc1ccc(OC(=O)c2ccc(B(O)O)cc2)c(OC(=O)c2ccc(B(O)O)cc2)c1)c1ccc(B(O)O)cc1. The zero-order valence-electron chi connectivity index (χ0n) is 21.5. The fourth-order valence-corrected chi connectivity index (χ4v) is 3.57. The van der Waals surface area contributed by atoms with Gasteiger partial charge in [-0.05, 0) is 64.9 Å². The molecule has 0 radical (unpaired) electrons. The van der Waals surface area contributed by atoms with Gasteiger partial charge in [0, 0.05) is 6.07 Å². The summed E-state index contributed by atoms with van der Waals surface area (Å²) in [6.45, 7) is 0. The standard InChI is InChI=1S/C27H21B3O12/c31-25(16-1-7-19(8-2-16)28(34)35)40-22-13-14-23(41-26(32)17-3-9-20(10-4-17)29(36)37)24(15-22)42-27(33)18-5-11-21(12-6-18)30(38)39/h1-15,34-39H. The number of hydrogen-bond acceptors (Lipinski definition) is 12. The van der Waals surface area contributed by atoms with Crippen molar-refractivity contribution in [2.45, 2.75) is 0 Å². The molecule has 0 atom stereocenters. The van der Waals surface area contributed by atoms with E-state index in [1.54, 1.807) is 0 Å². The van der Waals surface area contributed by atoms with E-state index >= 15 is 0 Å². The summed E-state index contributed by atoms with van der Waals surface area (Å²) in [6, 6.07) is 19.4. The second-order valence-corrected chi connectivity index (χ2v) is 8.76. The number of benzene rings is 4. The van der Waals surface area contributed by atoms with Crippen LogP contribution in [0.15, 0.2) is 91.0 Å². The predicted octanol–water partition coefficient (Wildman–Crippen LogP) is -1.62. The number of rotatable bonds is 9. The van der Waals surface area contributed by atoms with Gasteiger partial charge in [0.05, 0.1) is 16.7 Å². The zero-order valence-corrected chi connectivity index (χ0v) is 21.5. The third-order valence-corrected chi connectivity index (χ3v) is 5.86. The molecule has 0 amide bonds. The molecule has 4 rings (SSSR count). The normalized spacial score (nSPS) is 10.4. The minimum absolute atomic E-state index is 0.0170. The maximum absolute atomic E-state index is 12.9. The Labute approximate surface area is 239 Å². The van der Waals surface area contributed by atoms with Crippen LogP contribution in [0.1, 0.15) is 31.1 Å². The molecule has 0 aliphatic carbocycles. The van der Waals surface area contributed by atoms with Crippen LogP contribution >= 0.6 is 0 Å². The van der Waals surface area contributed by atoms with E-state index < -0.39 is 39.3 Å². The van der Waals surface area contributed by atoms with E-state index in [9.17, 15) is 44.5 Å². The highest BCUT2D eigenvalue weighted by Gasteiger charge is 2.21. The lowest BCUT2D eigenvalue weighted by Crippen LogP contribution is -2.29. The number of carbonyl (C=O) groups is 3. The molecule has 42 heavy (non-hydrogen) atoms. The predicted molar refractivity (Wildman–Crippen MR) is 150 cm³/mol. The highest BCUT2D eigenvalue weighted by atomic mass is 16.6. The molecule has 0 heterocycles. The lowest BCUT2D eigenvalue weighted by atomic mass is 9.80. The Bertz CT molecular complexity index is 1570. The Morgan fingerprint density at radius 2 is 0.762 bits per heavy atom. The van der Waals surface area contributed by atoms with E-state index in [1.807, 2.05) is 0 Å². The summed E-state index contributed by atoms with van der Waals surface area (Å²) in [4.78, 5) is 38.3. The Kier molecular flexibility index (Phi) is 9.55. The zero-order chi connectivity index (χ0) is 30.4. The lowest BCUT2D eigenvalue weighted by molar-refractivity contribution is 0.0679. The molecule has 0 unspecified atom stereocenters. The van der Waals surface area contributed by atoms with Gasteiger partial charge in [0.1, 0.15) is 5.75 Å². The van der Waals surface area contributed by atoms with Gasteiger partial charge in [0.15, 0.2) is 11.5 Å². The average Bonchev–Trinajstić information content (AvgIpc) is 2.98. The summed E-state index contributed by atoms with van der Waals surface area (Å²) >= 11 is 0. The van der Waals surface area contributed by atoms with Gasteiger partial charge in [-0.15, -0.1) is 0 Å². The van der Waals surface area contributed by atoms with Crippen LogP contribution in [-0.2, 0) is 0 Å². The first kappa shape index (κ1) is 30.2. The summed E-state index contributed by atoms with van der Waals surface area (Å²) in [6.07, 6.45) is 0. The minimum atomic E-state index is -1.74. The minimum Gasteiger partial charge on any atom is -0.423 e. The second-order valence-electron chi connectivity index (χ2n) is 8.76. The Morgan fingerprint density at radius 3 is 1.12 bits per heavy atom. The van der Waals surface area contributed by atoms with Crippen molar-refractivity contribution in [3.05, 3.63) is 108 Å². The van der Waals surface area contributed by atoms with E-state index in [1.165, 1.54) is 84.9 Å².